The molecule has 8 heteroatoms. The molecule has 1 amide bonds. The van der Waals surface area contributed by atoms with Gasteiger partial charge in [-0.25, -0.2) is 0 Å². The Morgan fingerprint density at radius 2 is 1.93 bits per heavy atom. The molecule has 1 N–H and O–H groups in total. The molecular weight excluding hydrogens is 368 g/mol. The molecule has 142 valence electrons. The van der Waals surface area contributed by atoms with Gasteiger partial charge in [-0.2, -0.15) is 0 Å². The molecule has 0 aromatic heterocycles. The van der Waals surface area contributed by atoms with Crippen molar-refractivity contribution in [2.75, 3.05) is 42.9 Å². The first-order valence-corrected chi connectivity index (χ1v) is 9.18. The fraction of sp³-hybridized carbons (Fsp3) is 0.316. The first-order valence-electron chi connectivity index (χ1n) is 8.80. The van der Waals surface area contributed by atoms with E-state index in [9.17, 15) is 14.9 Å². The number of halogens is 1. The van der Waals surface area contributed by atoms with Crippen LogP contribution < -0.4 is 10.2 Å². The Hall–Kier alpha value is -2.64. The van der Waals surface area contributed by atoms with Crippen LogP contribution in [0.3, 0.4) is 0 Å². The van der Waals surface area contributed by atoms with Crippen LogP contribution >= 0.6 is 11.6 Å². The van der Waals surface area contributed by atoms with Gasteiger partial charge in [-0.1, -0.05) is 24.6 Å². The average molecular weight is 389 g/mol. The maximum atomic E-state index is 12.4. The van der Waals surface area contributed by atoms with Gasteiger partial charge in [0.15, 0.2) is 0 Å². The van der Waals surface area contributed by atoms with E-state index in [1.807, 2.05) is 6.07 Å². The fourth-order valence-electron chi connectivity index (χ4n) is 3.11. The molecule has 3 rings (SSSR count). The monoisotopic (exact) mass is 388 g/mol. The SMILES string of the molecule is CCN1CCN(c2ccc(NC(=O)c3cccc([N+](=O)[O-])c3)cc2Cl)CC1. The number of non-ortho nitro benzene ring substituents is 1. The van der Waals surface area contributed by atoms with Gasteiger partial charge in [0.2, 0.25) is 0 Å². The smallest absolute Gasteiger partial charge is 0.270 e. The highest BCUT2D eigenvalue weighted by atomic mass is 35.5. The van der Waals surface area contributed by atoms with Gasteiger partial charge in [0.05, 0.1) is 15.6 Å². The summed E-state index contributed by atoms with van der Waals surface area (Å²) in [6, 6.07) is 11.0. The van der Waals surface area contributed by atoms with Gasteiger partial charge in [0.1, 0.15) is 0 Å². The number of carbonyl (C=O) groups excluding carboxylic acids is 1. The van der Waals surface area contributed by atoms with E-state index in [1.54, 1.807) is 12.1 Å². The van der Waals surface area contributed by atoms with Crippen LogP contribution in [0.4, 0.5) is 17.1 Å². The van der Waals surface area contributed by atoms with Crippen molar-refractivity contribution in [1.82, 2.24) is 4.90 Å². The molecule has 1 heterocycles. The van der Waals surface area contributed by atoms with Crippen molar-refractivity contribution in [2.24, 2.45) is 0 Å². The molecule has 0 spiro atoms. The molecule has 0 radical (unpaired) electrons. The Balaban J connectivity index is 1.70. The van der Waals surface area contributed by atoms with E-state index < -0.39 is 10.8 Å². The van der Waals surface area contributed by atoms with Gasteiger partial charge in [-0.3, -0.25) is 14.9 Å². The third kappa shape index (κ3) is 4.56. The standard InChI is InChI=1S/C19H21ClN4O3/c1-2-22-8-10-23(11-9-22)18-7-6-15(13-17(18)20)21-19(25)14-4-3-5-16(12-14)24(26)27/h3-7,12-13H,2,8-11H2,1H3,(H,21,25). The summed E-state index contributed by atoms with van der Waals surface area (Å²) in [6.45, 7) is 7.02. The number of hydrogen-bond donors (Lipinski definition) is 1. The molecule has 27 heavy (non-hydrogen) atoms. The molecule has 0 atom stereocenters. The Morgan fingerprint density at radius 1 is 1.19 bits per heavy atom. The minimum Gasteiger partial charge on any atom is -0.368 e. The minimum atomic E-state index is -0.527. The topological polar surface area (TPSA) is 78.7 Å². The molecule has 0 aliphatic carbocycles. The van der Waals surface area contributed by atoms with E-state index in [0.29, 0.717) is 10.7 Å². The molecule has 2 aromatic carbocycles. The lowest BCUT2D eigenvalue weighted by molar-refractivity contribution is -0.384. The average Bonchev–Trinajstić information content (AvgIpc) is 2.68. The number of piperazine rings is 1. The molecule has 0 bridgehead atoms. The molecule has 0 unspecified atom stereocenters. The molecule has 1 aliphatic heterocycles. The number of nitro benzene ring substituents is 1. The van der Waals surface area contributed by atoms with Crippen LogP contribution in [0, 0.1) is 10.1 Å². The number of amides is 1. The summed E-state index contributed by atoms with van der Waals surface area (Å²) in [7, 11) is 0. The second kappa shape index (κ2) is 8.37. The molecular formula is C19H21ClN4O3. The molecule has 7 nitrogen and oxygen atoms in total. The predicted molar refractivity (Wildman–Crippen MR) is 107 cm³/mol. The summed E-state index contributed by atoms with van der Waals surface area (Å²) in [6.07, 6.45) is 0. The Kier molecular flexibility index (Phi) is 5.93. The first kappa shape index (κ1) is 19.1. The van der Waals surface area contributed by atoms with Crippen LogP contribution in [-0.2, 0) is 0 Å². The number of benzene rings is 2. The second-order valence-corrected chi connectivity index (χ2v) is 6.76. The highest BCUT2D eigenvalue weighted by Crippen LogP contribution is 2.30. The van der Waals surface area contributed by atoms with Gasteiger partial charge in [-0.05, 0) is 30.8 Å². The number of nitrogens with zero attached hydrogens (tertiary/aromatic N) is 3. The van der Waals surface area contributed by atoms with E-state index in [1.165, 1.54) is 24.3 Å². The summed E-state index contributed by atoms with van der Waals surface area (Å²) in [5, 5.41) is 14.2. The van der Waals surface area contributed by atoms with Gasteiger partial charge in [0, 0.05) is 49.6 Å². The lowest BCUT2D eigenvalue weighted by atomic mass is 10.1. The molecule has 1 aliphatic rings. The van der Waals surface area contributed by atoms with Crippen molar-refractivity contribution in [3.63, 3.8) is 0 Å². The second-order valence-electron chi connectivity index (χ2n) is 6.35. The summed E-state index contributed by atoms with van der Waals surface area (Å²) in [5.41, 5.74) is 1.59. The Labute approximate surface area is 162 Å². The van der Waals surface area contributed by atoms with Crippen LogP contribution in [-0.4, -0.2) is 48.5 Å². The van der Waals surface area contributed by atoms with Crippen LogP contribution in [0.1, 0.15) is 17.3 Å². The van der Waals surface area contributed by atoms with E-state index >= 15 is 0 Å². The normalized spacial score (nSPS) is 14.8. The lowest BCUT2D eigenvalue weighted by Gasteiger charge is -2.36. The van der Waals surface area contributed by atoms with Crippen LogP contribution in [0.2, 0.25) is 5.02 Å². The zero-order valence-electron chi connectivity index (χ0n) is 15.0. The van der Waals surface area contributed by atoms with Crippen LogP contribution in [0.25, 0.3) is 0 Å². The number of rotatable bonds is 5. The number of hydrogen-bond acceptors (Lipinski definition) is 5. The van der Waals surface area contributed by atoms with Crippen molar-refractivity contribution in [1.29, 1.82) is 0 Å². The third-order valence-corrected chi connectivity index (χ3v) is 4.99. The molecule has 1 saturated heterocycles. The molecule has 0 saturated carbocycles. The zero-order chi connectivity index (χ0) is 19.4. The quantitative estimate of drug-likeness (QED) is 0.624. The zero-order valence-corrected chi connectivity index (χ0v) is 15.8. The maximum Gasteiger partial charge on any atom is 0.270 e. The minimum absolute atomic E-state index is 0.123. The van der Waals surface area contributed by atoms with Crippen molar-refractivity contribution in [2.45, 2.75) is 6.92 Å². The fourth-order valence-corrected chi connectivity index (χ4v) is 3.41. The maximum absolute atomic E-state index is 12.4. The van der Waals surface area contributed by atoms with Gasteiger partial charge in [0.25, 0.3) is 11.6 Å². The van der Waals surface area contributed by atoms with Crippen molar-refractivity contribution >= 4 is 34.6 Å². The van der Waals surface area contributed by atoms with Crippen LogP contribution in [0.15, 0.2) is 42.5 Å². The number of nitro groups is 1. The Morgan fingerprint density at radius 3 is 2.56 bits per heavy atom. The van der Waals surface area contributed by atoms with Gasteiger partial charge in [-0.15, -0.1) is 0 Å². The number of nitrogens with one attached hydrogen (secondary N) is 1. The lowest BCUT2D eigenvalue weighted by Crippen LogP contribution is -2.46. The first-order chi connectivity index (χ1) is 13.0. The van der Waals surface area contributed by atoms with Crippen molar-refractivity contribution in [3.05, 3.63) is 63.2 Å². The highest BCUT2D eigenvalue weighted by Gasteiger charge is 2.18. The van der Waals surface area contributed by atoms with E-state index in [4.69, 9.17) is 11.6 Å². The number of carbonyl (C=O) groups is 1. The summed E-state index contributed by atoms with van der Waals surface area (Å²) < 4.78 is 0. The van der Waals surface area contributed by atoms with Crippen LogP contribution in [0.5, 0.6) is 0 Å². The summed E-state index contributed by atoms with van der Waals surface area (Å²) in [4.78, 5) is 27.3. The number of anilines is 2. The predicted octanol–water partition coefficient (Wildman–Crippen LogP) is 3.64. The van der Waals surface area contributed by atoms with Gasteiger partial charge >= 0.3 is 0 Å². The molecule has 2 aromatic rings. The van der Waals surface area contributed by atoms with E-state index in [2.05, 4.69) is 22.0 Å². The summed E-state index contributed by atoms with van der Waals surface area (Å²) in [5.74, 6) is -0.418. The van der Waals surface area contributed by atoms with Crippen molar-refractivity contribution < 1.29 is 9.72 Å². The van der Waals surface area contributed by atoms with E-state index in [-0.39, 0.29) is 11.3 Å². The van der Waals surface area contributed by atoms with Crippen molar-refractivity contribution in [3.8, 4) is 0 Å². The molecule has 1 fully saturated rings. The summed E-state index contributed by atoms with van der Waals surface area (Å²) >= 11 is 6.43. The number of likely N-dealkylation sites (N-methyl/N-ethyl adjacent to an activating group) is 1. The van der Waals surface area contributed by atoms with E-state index in [0.717, 1.165) is 38.4 Å². The highest BCUT2D eigenvalue weighted by molar-refractivity contribution is 6.33. The Bertz CT molecular complexity index is 851. The van der Waals surface area contributed by atoms with Gasteiger partial charge < -0.3 is 15.1 Å². The largest absolute Gasteiger partial charge is 0.368 e. The third-order valence-electron chi connectivity index (χ3n) is 4.68.